The molecule has 0 aliphatic heterocycles. The minimum atomic E-state index is -0.308. The zero-order chi connectivity index (χ0) is 19.1. The number of aromatic nitrogens is 2. The Hall–Kier alpha value is -3.61. The molecule has 0 saturated heterocycles. The monoisotopic (exact) mass is 364 g/mol. The Morgan fingerprint density at radius 1 is 0.889 bits per heavy atom. The van der Waals surface area contributed by atoms with Crippen molar-refractivity contribution in [1.29, 1.82) is 0 Å². The first kappa shape index (κ1) is 18.2. The lowest BCUT2D eigenvalue weighted by Gasteiger charge is -2.10. The van der Waals surface area contributed by atoms with Gasteiger partial charge in [-0.2, -0.15) is 0 Å². The Balaban J connectivity index is 1.63. The summed E-state index contributed by atoms with van der Waals surface area (Å²) in [6.07, 6.45) is 0. The highest BCUT2D eigenvalue weighted by Crippen LogP contribution is 2.25. The van der Waals surface area contributed by atoms with Crippen molar-refractivity contribution in [2.24, 2.45) is 0 Å². The van der Waals surface area contributed by atoms with E-state index in [1.165, 1.54) is 0 Å². The van der Waals surface area contributed by atoms with Crippen LogP contribution in [-0.4, -0.2) is 30.3 Å². The number of anilines is 2. The molecule has 3 aromatic rings. The smallest absolute Gasteiger partial charge is 0.272 e. The third-order valence-corrected chi connectivity index (χ3v) is 3.90. The first-order valence-corrected chi connectivity index (χ1v) is 8.35. The fraction of sp³-hybridized carbons (Fsp3) is 0.150. The van der Waals surface area contributed by atoms with Crippen LogP contribution in [0.1, 0.15) is 16.1 Å². The van der Waals surface area contributed by atoms with Crippen molar-refractivity contribution in [1.82, 2.24) is 15.5 Å². The van der Waals surface area contributed by atoms with Gasteiger partial charge in [0, 0.05) is 12.1 Å². The minimum Gasteiger partial charge on any atom is -0.496 e. The molecule has 0 aliphatic carbocycles. The molecule has 1 heterocycles. The molecule has 0 bridgehead atoms. The lowest BCUT2D eigenvalue weighted by molar-refractivity contribution is 0.0944. The molecular formula is C20H20N4O3. The lowest BCUT2D eigenvalue weighted by atomic mass is 10.2. The molecule has 2 aromatic carbocycles. The van der Waals surface area contributed by atoms with E-state index in [-0.39, 0.29) is 11.6 Å². The largest absolute Gasteiger partial charge is 0.496 e. The van der Waals surface area contributed by atoms with Crippen LogP contribution in [0.5, 0.6) is 11.5 Å². The molecule has 0 atom stereocenters. The molecule has 0 saturated carbocycles. The number of rotatable bonds is 7. The summed E-state index contributed by atoms with van der Waals surface area (Å²) in [4.78, 5) is 12.3. The molecule has 7 heteroatoms. The zero-order valence-electron chi connectivity index (χ0n) is 15.1. The number of methoxy groups -OCH3 is 2. The predicted octanol–water partition coefficient (Wildman–Crippen LogP) is 3.17. The van der Waals surface area contributed by atoms with Crippen LogP contribution in [0.2, 0.25) is 0 Å². The summed E-state index contributed by atoms with van der Waals surface area (Å²) >= 11 is 0. The molecule has 138 valence electrons. The molecule has 0 fully saturated rings. The van der Waals surface area contributed by atoms with E-state index in [9.17, 15) is 4.79 Å². The van der Waals surface area contributed by atoms with Gasteiger partial charge in [0.1, 0.15) is 11.5 Å². The average molecular weight is 364 g/mol. The quantitative estimate of drug-likeness (QED) is 0.670. The molecular weight excluding hydrogens is 344 g/mol. The first-order valence-electron chi connectivity index (χ1n) is 8.35. The number of amides is 1. The molecule has 0 radical (unpaired) electrons. The molecule has 1 aromatic heterocycles. The number of nitrogens with one attached hydrogen (secondary N) is 2. The summed E-state index contributed by atoms with van der Waals surface area (Å²) in [5.41, 5.74) is 1.88. The molecule has 0 spiro atoms. The van der Waals surface area contributed by atoms with E-state index < -0.39 is 0 Å². The normalized spacial score (nSPS) is 10.1. The van der Waals surface area contributed by atoms with Crippen molar-refractivity contribution >= 4 is 17.4 Å². The van der Waals surface area contributed by atoms with Crippen molar-refractivity contribution in [3.8, 4) is 11.5 Å². The predicted molar refractivity (Wildman–Crippen MR) is 102 cm³/mol. The standard InChI is InChI=1S/C20H20N4O3/c1-26-17-9-5-3-7-14(17)13-21-20(25)16-11-12-19(24-23-16)22-15-8-4-6-10-18(15)27-2/h3-12H,13H2,1-2H3,(H,21,25)(H,22,24). The van der Waals surface area contributed by atoms with E-state index in [1.54, 1.807) is 26.4 Å². The number of ether oxygens (including phenoxy) is 2. The number of para-hydroxylation sites is 3. The van der Waals surface area contributed by atoms with E-state index in [1.807, 2.05) is 48.5 Å². The van der Waals surface area contributed by atoms with Gasteiger partial charge >= 0.3 is 0 Å². The Morgan fingerprint density at radius 3 is 2.30 bits per heavy atom. The number of carbonyl (C=O) groups is 1. The van der Waals surface area contributed by atoms with Crippen molar-refractivity contribution in [2.45, 2.75) is 6.54 Å². The maximum absolute atomic E-state index is 12.3. The second kappa shape index (κ2) is 8.66. The van der Waals surface area contributed by atoms with E-state index >= 15 is 0 Å². The minimum absolute atomic E-state index is 0.232. The third kappa shape index (κ3) is 4.52. The number of nitrogens with zero attached hydrogens (tertiary/aromatic N) is 2. The summed E-state index contributed by atoms with van der Waals surface area (Å²) in [5, 5.41) is 14.0. The Morgan fingerprint density at radius 2 is 1.59 bits per heavy atom. The van der Waals surface area contributed by atoms with Gasteiger partial charge in [-0.05, 0) is 30.3 Å². The van der Waals surface area contributed by atoms with Crippen molar-refractivity contribution < 1.29 is 14.3 Å². The Kier molecular flexibility index (Phi) is 5.84. The molecule has 1 amide bonds. The summed E-state index contributed by atoms with van der Waals surface area (Å²) in [6.45, 7) is 0.339. The van der Waals surface area contributed by atoms with Crippen LogP contribution in [0, 0.1) is 0 Å². The van der Waals surface area contributed by atoms with Crippen LogP contribution in [0.25, 0.3) is 0 Å². The van der Waals surface area contributed by atoms with Gasteiger partial charge in [-0.25, -0.2) is 0 Å². The summed E-state index contributed by atoms with van der Waals surface area (Å²) in [6, 6.07) is 18.3. The fourth-order valence-corrected chi connectivity index (χ4v) is 2.52. The second-order valence-electron chi connectivity index (χ2n) is 5.62. The number of hydrogen-bond donors (Lipinski definition) is 2. The molecule has 0 unspecified atom stereocenters. The van der Waals surface area contributed by atoms with Gasteiger partial charge in [-0.3, -0.25) is 4.79 Å². The summed E-state index contributed by atoms with van der Waals surface area (Å²) in [5.74, 6) is 1.62. The average Bonchev–Trinajstić information content (AvgIpc) is 2.73. The highest BCUT2D eigenvalue weighted by Gasteiger charge is 2.10. The highest BCUT2D eigenvalue weighted by atomic mass is 16.5. The van der Waals surface area contributed by atoms with Gasteiger partial charge < -0.3 is 20.1 Å². The van der Waals surface area contributed by atoms with Gasteiger partial charge in [0.05, 0.1) is 19.9 Å². The third-order valence-electron chi connectivity index (χ3n) is 3.90. The lowest BCUT2D eigenvalue weighted by Crippen LogP contribution is -2.24. The van der Waals surface area contributed by atoms with Gasteiger partial charge in [0.2, 0.25) is 0 Å². The first-order chi connectivity index (χ1) is 13.2. The van der Waals surface area contributed by atoms with Gasteiger partial charge in [-0.1, -0.05) is 30.3 Å². The van der Waals surface area contributed by atoms with Crippen molar-refractivity contribution in [2.75, 3.05) is 19.5 Å². The Labute approximate surface area is 157 Å². The molecule has 3 rings (SSSR count). The van der Waals surface area contributed by atoms with E-state index in [0.717, 1.165) is 17.0 Å². The Bertz CT molecular complexity index is 913. The topological polar surface area (TPSA) is 85.4 Å². The van der Waals surface area contributed by atoms with E-state index in [4.69, 9.17) is 9.47 Å². The van der Waals surface area contributed by atoms with Crippen LogP contribution >= 0.6 is 0 Å². The van der Waals surface area contributed by atoms with Gasteiger partial charge in [-0.15, -0.1) is 10.2 Å². The maximum atomic E-state index is 12.3. The van der Waals surface area contributed by atoms with Gasteiger partial charge in [0.25, 0.3) is 5.91 Å². The van der Waals surface area contributed by atoms with Crippen molar-refractivity contribution in [3.05, 3.63) is 71.9 Å². The van der Waals surface area contributed by atoms with Crippen LogP contribution in [0.4, 0.5) is 11.5 Å². The molecule has 0 aliphatic rings. The zero-order valence-corrected chi connectivity index (χ0v) is 15.1. The van der Waals surface area contributed by atoms with E-state index in [2.05, 4.69) is 20.8 Å². The number of benzene rings is 2. The van der Waals surface area contributed by atoms with Crippen LogP contribution in [0.3, 0.4) is 0 Å². The van der Waals surface area contributed by atoms with Crippen LogP contribution < -0.4 is 20.1 Å². The molecule has 7 nitrogen and oxygen atoms in total. The second-order valence-corrected chi connectivity index (χ2v) is 5.62. The molecule has 2 N–H and O–H groups in total. The maximum Gasteiger partial charge on any atom is 0.272 e. The SMILES string of the molecule is COc1ccccc1CNC(=O)c1ccc(Nc2ccccc2OC)nn1. The fourth-order valence-electron chi connectivity index (χ4n) is 2.52. The summed E-state index contributed by atoms with van der Waals surface area (Å²) in [7, 11) is 3.20. The highest BCUT2D eigenvalue weighted by molar-refractivity contribution is 5.92. The molecule has 27 heavy (non-hydrogen) atoms. The van der Waals surface area contributed by atoms with Crippen LogP contribution in [-0.2, 0) is 6.54 Å². The van der Waals surface area contributed by atoms with Crippen molar-refractivity contribution in [3.63, 3.8) is 0 Å². The van der Waals surface area contributed by atoms with Crippen LogP contribution in [0.15, 0.2) is 60.7 Å². The number of carbonyl (C=O) groups excluding carboxylic acids is 1. The van der Waals surface area contributed by atoms with Gasteiger partial charge in [0.15, 0.2) is 11.5 Å². The number of hydrogen-bond acceptors (Lipinski definition) is 6. The van der Waals surface area contributed by atoms with E-state index in [0.29, 0.717) is 18.1 Å². The summed E-state index contributed by atoms with van der Waals surface area (Å²) < 4.78 is 10.6.